The highest BCUT2D eigenvalue weighted by molar-refractivity contribution is 5.99. The van der Waals surface area contributed by atoms with Gasteiger partial charge in [-0.2, -0.15) is 0 Å². The fourth-order valence-electron chi connectivity index (χ4n) is 3.91. The third kappa shape index (κ3) is 3.43. The number of allylic oxidation sites excluding steroid dienone is 1. The molecule has 32 heavy (non-hydrogen) atoms. The molecule has 0 fully saturated rings. The van der Waals surface area contributed by atoms with Gasteiger partial charge in [0.1, 0.15) is 28.8 Å². The first-order valence-corrected chi connectivity index (χ1v) is 9.66. The predicted octanol–water partition coefficient (Wildman–Crippen LogP) is 2.54. The number of benzene rings is 1. The summed E-state index contributed by atoms with van der Waals surface area (Å²) in [6.07, 6.45) is 2.50. The quantitative estimate of drug-likeness (QED) is 0.702. The maximum absolute atomic E-state index is 14.2. The number of nitrogens with zero attached hydrogens (tertiary/aromatic N) is 2. The van der Waals surface area contributed by atoms with Gasteiger partial charge in [-0.15, -0.1) is 0 Å². The molecule has 2 aliphatic heterocycles. The minimum absolute atomic E-state index is 0.0896. The number of aromatic hydroxyl groups is 1. The van der Waals surface area contributed by atoms with E-state index in [1.165, 1.54) is 22.5 Å². The van der Waals surface area contributed by atoms with Crippen molar-refractivity contribution >= 4 is 11.8 Å². The Balaban J connectivity index is 1.69. The molecule has 2 amide bonds. The summed E-state index contributed by atoms with van der Waals surface area (Å²) < 4.78 is 56.1. The van der Waals surface area contributed by atoms with E-state index in [-0.39, 0.29) is 18.7 Å². The lowest BCUT2D eigenvalue weighted by molar-refractivity contribution is 0.0607. The van der Waals surface area contributed by atoms with Crippen molar-refractivity contribution in [2.75, 3.05) is 6.54 Å². The highest BCUT2D eigenvalue weighted by Crippen LogP contribution is 2.34. The van der Waals surface area contributed by atoms with Crippen molar-refractivity contribution in [1.82, 2.24) is 14.8 Å². The van der Waals surface area contributed by atoms with Crippen LogP contribution in [0.4, 0.5) is 17.6 Å². The molecule has 2 N–H and O–H groups in total. The minimum Gasteiger partial charge on any atom is -0.503 e. The Hall–Kier alpha value is -3.63. The average Bonchev–Trinajstić information content (AvgIpc) is 2.85. The summed E-state index contributed by atoms with van der Waals surface area (Å²) in [6, 6.07) is -0.537. The van der Waals surface area contributed by atoms with Crippen molar-refractivity contribution in [2.45, 2.75) is 32.0 Å². The summed E-state index contributed by atoms with van der Waals surface area (Å²) in [7, 11) is 0. The normalized spacial score (nSPS) is 19.8. The van der Waals surface area contributed by atoms with E-state index in [2.05, 4.69) is 5.32 Å². The van der Waals surface area contributed by atoms with Crippen molar-refractivity contribution < 1.29 is 32.3 Å². The minimum atomic E-state index is -1.22. The van der Waals surface area contributed by atoms with Crippen LogP contribution in [0.1, 0.15) is 45.8 Å². The fourth-order valence-corrected chi connectivity index (χ4v) is 3.91. The summed E-state index contributed by atoms with van der Waals surface area (Å²) in [5.74, 6) is -6.92. The van der Waals surface area contributed by atoms with Gasteiger partial charge in [0.15, 0.2) is 11.4 Å². The summed E-state index contributed by atoms with van der Waals surface area (Å²) in [5, 5.41) is 12.6. The van der Waals surface area contributed by atoms with Crippen LogP contribution < -0.4 is 10.7 Å². The van der Waals surface area contributed by atoms with Crippen LogP contribution in [0.15, 0.2) is 35.0 Å². The van der Waals surface area contributed by atoms with E-state index in [1.807, 2.05) is 0 Å². The molecule has 2 aromatic rings. The molecule has 2 bridgehead atoms. The van der Waals surface area contributed by atoms with Crippen LogP contribution in [-0.4, -0.2) is 39.0 Å². The van der Waals surface area contributed by atoms with Crippen molar-refractivity contribution in [3.8, 4) is 5.75 Å². The van der Waals surface area contributed by atoms with E-state index in [9.17, 15) is 37.1 Å². The number of amides is 2. The molecular formula is C21H17F4N3O4. The Morgan fingerprint density at radius 1 is 1.19 bits per heavy atom. The number of carbonyl (C=O) groups excluding carboxylic acids is 2. The molecule has 4 rings (SSSR count). The second kappa shape index (κ2) is 7.81. The molecule has 11 heteroatoms. The third-order valence-corrected chi connectivity index (χ3v) is 5.70. The Morgan fingerprint density at radius 3 is 2.50 bits per heavy atom. The van der Waals surface area contributed by atoms with Gasteiger partial charge in [0, 0.05) is 37.0 Å². The Bertz CT molecular complexity index is 1220. The highest BCUT2D eigenvalue weighted by atomic mass is 19.1. The number of halogens is 4. The van der Waals surface area contributed by atoms with Crippen LogP contribution in [0.2, 0.25) is 0 Å². The lowest BCUT2D eigenvalue weighted by Crippen LogP contribution is -2.48. The van der Waals surface area contributed by atoms with Gasteiger partial charge in [0.2, 0.25) is 5.43 Å². The van der Waals surface area contributed by atoms with Crippen LogP contribution in [0.3, 0.4) is 0 Å². The van der Waals surface area contributed by atoms with Crippen molar-refractivity contribution in [2.24, 2.45) is 0 Å². The van der Waals surface area contributed by atoms with E-state index < -0.39 is 76.0 Å². The number of carbonyl (C=O) groups is 2. The maximum atomic E-state index is 14.2. The maximum Gasteiger partial charge on any atom is 0.275 e. The SMILES string of the molecule is C[C@H]1C(F)=CC[C@H]2CN1C(=O)c1c(O)c(=O)c(C(=O)NCc3c(F)cc(F)cc3F)cn12. The van der Waals surface area contributed by atoms with Crippen LogP contribution in [0, 0.1) is 17.5 Å². The lowest BCUT2D eigenvalue weighted by Gasteiger charge is -2.37. The van der Waals surface area contributed by atoms with E-state index >= 15 is 0 Å². The molecule has 0 spiro atoms. The fraction of sp³-hybridized carbons (Fsp3) is 0.286. The number of aromatic nitrogens is 1. The second-order valence-electron chi connectivity index (χ2n) is 7.62. The Morgan fingerprint density at radius 2 is 1.84 bits per heavy atom. The van der Waals surface area contributed by atoms with Crippen LogP contribution in [0.5, 0.6) is 5.75 Å². The number of rotatable bonds is 3. The largest absolute Gasteiger partial charge is 0.503 e. The first-order chi connectivity index (χ1) is 15.1. The highest BCUT2D eigenvalue weighted by Gasteiger charge is 2.39. The molecular weight excluding hydrogens is 434 g/mol. The summed E-state index contributed by atoms with van der Waals surface area (Å²) in [6.45, 7) is 0.874. The predicted molar refractivity (Wildman–Crippen MR) is 103 cm³/mol. The molecule has 0 saturated carbocycles. The number of nitrogens with one attached hydrogen (secondary N) is 1. The van der Waals surface area contributed by atoms with Gasteiger partial charge in [-0.1, -0.05) is 0 Å². The zero-order valence-corrected chi connectivity index (χ0v) is 16.7. The Labute approximate surface area is 178 Å². The van der Waals surface area contributed by atoms with Gasteiger partial charge in [0.05, 0.1) is 12.1 Å². The standard InChI is InChI=1S/C21H17F4N3O4/c1-9-14(23)3-2-11-7-27(9)21(32)17-19(30)18(29)13(8-28(11)17)20(31)26-6-12-15(24)4-10(22)5-16(12)25/h3-5,8-9,11,30H,2,6-7H2,1H3,(H,26,31)/t9-,11-/m0/s1. The zero-order valence-electron chi connectivity index (χ0n) is 16.7. The topological polar surface area (TPSA) is 91.6 Å². The van der Waals surface area contributed by atoms with Gasteiger partial charge in [-0.3, -0.25) is 14.4 Å². The number of fused-ring (bicyclic) bond motifs is 4. The summed E-state index contributed by atoms with van der Waals surface area (Å²) in [5.41, 5.74) is -2.72. The zero-order chi connectivity index (χ0) is 23.3. The first kappa shape index (κ1) is 21.6. The monoisotopic (exact) mass is 451 g/mol. The van der Waals surface area contributed by atoms with Crippen molar-refractivity contribution in [1.29, 1.82) is 0 Å². The third-order valence-electron chi connectivity index (χ3n) is 5.70. The molecule has 168 valence electrons. The van der Waals surface area contributed by atoms with E-state index in [1.54, 1.807) is 0 Å². The van der Waals surface area contributed by atoms with Gasteiger partial charge in [-0.05, 0) is 19.4 Å². The molecule has 0 saturated heterocycles. The number of hydrogen-bond acceptors (Lipinski definition) is 4. The average molecular weight is 451 g/mol. The molecule has 3 heterocycles. The molecule has 0 aliphatic carbocycles. The van der Waals surface area contributed by atoms with Gasteiger partial charge < -0.3 is 19.9 Å². The van der Waals surface area contributed by atoms with Gasteiger partial charge in [-0.25, -0.2) is 17.6 Å². The first-order valence-electron chi connectivity index (χ1n) is 9.66. The van der Waals surface area contributed by atoms with E-state index in [0.29, 0.717) is 12.1 Å². The molecule has 1 aromatic heterocycles. The van der Waals surface area contributed by atoms with Crippen molar-refractivity contribution in [3.63, 3.8) is 0 Å². The van der Waals surface area contributed by atoms with Crippen LogP contribution >= 0.6 is 0 Å². The van der Waals surface area contributed by atoms with Crippen LogP contribution in [-0.2, 0) is 6.54 Å². The molecule has 7 nitrogen and oxygen atoms in total. The van der Waals surface area contributed by atoms with E-state index in [4.69, 9.17) is 0 Å². The van der Waals surface area contributed by atoms with Crippen molar-refractivity contribution in [3.05, 3.63) is 74.7 Å². The van der Waals surface area contributed by atoms with E-state index in [0.717, 1.165) is 6.20 Å². The summed E-state index contributed by atoms with van der Waals surface area (Å²) in [4.78, 5) is 39.2. The summed E-state index contributed by atoms with van der Waals surface area (Å²) >= 11 is 0. The molecule has 1 aromatic carbocycles. The molecule has 0 unspecified atom stereocenters. The Kier molecular flexibility index (Phi) is 5.27. The smallest absolute Gasteiger partial charge is 0.275 e. The van der Waals surface area contributed by atoms with Crippen LogP contribution in [0.25, 0.3) is 0 Å². The molecule has 2 atom stereocenters. The van der Waals surface area contributed by atoms with Gasteiger partial charge >= 0.3 is 0 Å². The van der Waals surface area contributed by atoms with Gasteiger partial charge in [0.25, 0.3) is 11.8 Å². The lowest BCUT2D eigenvalue weighted by atomic mass is 10.1. The molecule has 0 radical (unpaired) electrons. The number of hydrogen-bond donors (Lipinski definition) is 2. The molecule has 2 aliphatic rings. The number of pyridine rings is 1. The second-order valence-corrected chi connectivity index (χ2v) is 7.62.